The Kier molecular flexibility index (Phi) is 4.58. The number of hydrogen-bond acceptors (Lipinski definition) is 3. The van der Waals surface area contributed by atoms with Crippen LogP contribution in [-0.4, -0.2) is 50.0 Å². The monoisotopic (exact) mass is 173 g/mol. The summed E-state index contributed by atoms with van der Waals surface area (Å²) in [5.74, 6) is 0.741. The van der Waals surface area contributed by atoms with Crippen molar-refractivity contribution in [2.24, 2.45) is 5.92 Å². The van der Waals surface area contributed by atoms with E-state index in [1.54, 1.807) is 7.11 Å². The normalized spacial score (nSPS) is 21.5. The van der Waals surface area contributed by atoms with Gasteiger partial charge in [0, 0.05) is 20.3 Å². The summed E-state index contributed by atoms with van der Waals surface area (Å²) in [6, 6.07) is 0. The van der Waals surface area contributed by atoms with Gasteiger partial charge >= 0.3 is 0 Å². The minimum atomic E-state index is 0.287. The van der Waals surface area contributed by atoms with E-state index in [4.69, 9.17) is 9.84 Å². The number of piperidine rings is 1. The van der Waals surface area contributed by atoms with E-state index in [0.29, 0.717) is 0 Å². The predicted molar refractivity (Wildman–Crippen MR) is 48.1 cm³/mol. The van der Waals surface area contributed by atoms with Crippen LogP contribution in [0, 0.1) is 5.92 Å². The summed E-state index contributed by atoms with van der Waals surface area (Å²) < 4.78 is 5.11. The van der Waals surface area contributed by atoms with Crippen molar-refractivity contribution in [3.63, 3.8) is 0 Å². The Morgan fingerprint density at radius 1 is 1.42 bits per heavy atom. The van der Waals surface area contributed by atoms with Crippen molar-refractivity contribution in [2.75, 3.05) is 40.0 Å². The number of ether oxygens (including phenoxy) is 1. The molecule has 1 heterocycles. The van der Waals surface area contributed by atoms with Crippen molar-refractivity contribution in [3.05, 3.63) is 0 Å². The first kappa shape index (κ1) is 9.96. The van der Waals surface area contributed by atoms with E-state index in [9.17, 15) is 0 Å². The van der Waals surface area contributed by atoms with E-state index in [2.05, 4.69) is 4.90 Å². The maximum absolute atomic E-state index is 8.72. The Morgan fingerprint density at radius 3 is 2.58 bits per heavy atom. The zero-order valence-electron chi connectivity index (χ0n) is 7.83. The molecule has 0 bridgehead atoms. The maximum atomic E-state index is 8.72. The first-order valence-electron chi connectivity index (χ1n) is 4.69. The lowest BCUT2D eigenvalue weighted by Crippen LogP contribution is -2.36. The standard InChI is InChI=1S/C9H19NO2/c1-12-8-9-2-4-10(5-3-9)6-7-11/h9,11H,2-8H2,1H3. The number of aliphatic hydroxyl groups excluding tert-OH is 1. The van der Waals surface area contributed by atoms with Crippen LogP contribution in [0.2, 0.25) is 0 Å². The van der Waals surface area contributed by atoms with Crippen molar-refractivity contribution in [1.29, 1.82) is 0 Å². The van der Waals surface area contributed by atoms with Gasteiger partial charge in [-0.15, -0.1) is 0 Å². The molecule has 1 fully saturated rings. The number of hydrogen-bond donors (Lipinski definition) is 1. The molecule has 0 aromatic heterocycles. The summed E-state index contributed by atoms with van der Waals surface area (Å²) >= 11 is 0. The van der Waals surface area contributed by atoms with E-state index in [0.717, 1.165) is 32.2 Å². The molecule has 1 aliphatic heterocycles. The van der Waals surface area contributed by atoms with E-state index in [1.165, 1.54) is 12.8 Å². The molecule has 1 rings (SSSR count). The topological polar surface area (TPSA) is 32.7 Å². The Bertz CT molecular complexity index is 97.1. The van der Waals surface area contributed by atoms with Gasteiger partial charge in [0.2, 0.25) is 0 Å². The number of β-amino-alcohol motifs (C(OH)–C–C–N with tert-alkyl or cyclic N) is 1. The third-order valence-electron chi connectivity index (χ3n) is 2.53. The van der Waals surface area contributed by atoms with Gasteiger partial charge in [0.25, 0.3) is 0 Å². The summed E-state index contributed by atoms with van der Waals surface area (Å²) in [6.45, 7) is 4.25. The van der Waals surface area contributed by atoms with Crippen molar-refractivity contribution in [1.82, 2.24) is 4.90 Å². The highest BCUT2D eigenvalue weighted by atomic mass is 16.5. The molecule has 0 aromatic rings. The molecule has 0 spiro atoms. The average Bonchev–Trinajstić information content (AvgIpc) is 2.09. The second-order valence-electron chi connectivity index (χ2n) is 3.46. The number of rotatable bonds is 4. The van der Waals surface area contributed by atoms with Gasteiger partial charge in [-0.2, -0.15) is 0 Å². The molecular weight excluding hydrogens is 154 g/mol. The summed E-state index contributed by atoms with van der Waals surface area (Å²) in [6.07, 6.45) is 2.43. The van der Waals surface area contributed by atoms with Gasteiger partial charge in [0.05, 0.1) is 6.61 Å². The summed E-state index contributed by atoms with van der Waals surface area (Å²) in [5.41, 5.74) is 0. The van der Waals surface area contributed by atoms with Crippen LogP contribution in [-0.2, 0) is 4.74 Å². The van der Waals surface area contributed by atoms with Crippen LogP contribution in [0.5, 0.6) is 0 Å². The summed E-state index contributed by atoms with van der Waals surface area (Å²) in [5, 5.41) is 8.72. The molecule has 0 aromatic carbocycles. The van der Waals surface area contributed by atoms with Crippen LogP contribution >= 0.6 is 0 Å². The number of aliphatic hydroxyl groups is 1. The smallest absolute Gasteiger partial charge is 0.0558 e. The number of methoxy groups -OCH3 is 1. The molecule has 0 atom stereocenters. The Hall–Kier alpha value is -0.120. The third-order valence-corrected chi connectivity index (χ3v) is 2.53. The van der Waals surface area contributed by atoms with Crippen LogP contribution in [0.4, 0.5) is 0 Å². The number of likely N-dealkylation sites (tertiary alicyclic amines) is 1. The third kappa shape index (κ3) is 3.09. The van der Waals surface area contributed by atoms with Crippen LogP contribution in [0.1, 0.15) is 12.8 Å². The Balaban J connectivity index is 2.11. The zero-order valence-corrected chi connectivity index (χ0v) is 7.83. The van der Waals surface area contributed by atoms with Crippen molar-refractivity contribution < 1.29 is 9.84 Å². The lowest BCUT2D eigenvalue weighted by atomic mass is 9.98. The van der Waals surface area contributed by atoms with Gasteiger partial charge < -0.3 is 14.7 Å². The SMILES string of the molecule is COCC1CCN(CCO)CC1. The highest BCUT2D eigenvalue weighted by molar-refractivity contribution is 4.71. The molecule has 0 radical (unpaired) electrons. The molecule has 12 heavy (non-hydrogen) atoms. The number of nitrogens with zero attached hydrogens (tertiary/aromatic N) is 1. The highest BCUT2D eigenvalue weighted by Crippen LogP contribution is 2.16. The van der Waals surface area contributed by atoms with Gasteiger partial charge in [0.15, 0.2) is 0 Å². The van der Waals surface area contributed by atoms with Crippen LogP contribution < -0.4 is 0 Å². The lowest BCUT2D eigenvalue weighted by molar-refractivity contribution is 0.0907. The fourth-order valence-corrected chi connectivity index (χ4v) is 1.75. The van der Waals surface area contributed by atoms with Crippen LogP contribution in [0.3, 0.4) is 0 Å². The van der Waals surface area contributed by atoms with E-state index in [-0.39, 0.29) is 6.61 Å². The molecule has 72 valence electrons. The average molecular weight is 173 g/mol. The molecule has 3 nitrogen and oxygen atoms in total. The van der Waals surface area contributed by atoms with Gasteiger partial charge in [-0.25, -0.2) is 0 Å². The molecular formula is C9H19NO2. The fourth-order valence-electron chi connectivity index (χ4n) is 1.75. The van der Waals surface area contributed by atoms with Gasteiger partial charge in [0.1, 0.15) is 0 Å². The molecule has 1 aliphatic rings. The largest absolute Gasteiger partial charge is 0.395 e. The minimum absolute atomic E-state index is 0.287. The minimum Gasteiger partial charge on any atom is -0.395 e. The van der Waals surface area contributed by atoms with E-state index >= 15 is 0 Å². The van der Waals surface area contributed by atoms with Gasteiger partial charge in [-0.1, -0.05) is 0 Å². The van der Waals surface area contributed by atoms with E-state index in [1.807, 2.05) is 0 Å². The molecule has 0 aliphatic carbocycles. The molecule has 1 N–H and O–H groups in total. The fraction of sp³-hybridized carbons (Fsp3) is 1.00. The van der Waals surface area contributed by atoms with Crippen molar-refractivity contribution in [2.45, 2.75) is 12.8 Å². The van der Waals surface area contributed by atoms with Gasteiger partial charge in [-0.05, 0) is 31.8 Å². The molecule has 1 saturated heterocycles. The molecule has 0 saturated carbocycles. The molecule has 3 heteroatoms. The molecule has 0 unspecified atom stereocenters. The first-order valence-corrected chi connectivity index (χ1v) is 4.69. The predicted octanol–water partition coefficient (Wildman–Crippen LogP) is 0.337. The van der Waals surface area contributed by atoms with E-state index < -0.39 is 0 Å². The van der Waals surface area contributed by atoms with Gasteiger partial charge in [-0.3, -0.25) is 0 Å². The van der Waals surface area contributed by atoms with Crippen LogP contribution in [0.15, 0.2) is 0 Å². The van der Waals surface area contributed by atoms with Crippen LogP contribution in [0.25, 0.3) is 0 Å². The summed E-state index contributed by atoms with van der Waals surface area (Å²) in [7, 11) is 1.76. The second kappa shape index (κ2) is 5.51. The summed E-state index contributed by atoms with van der Waals surface area (Å²) in [4.78, 5) is 2.31. The maximum Gasteiger partial charge on any atom is 0.0558 e. The Labute approximate surface area is 74.3 Å². The van der Waals surface area contributed by atoms with Crippen molar-refractivity contribution in [3.8, 4) is 0 Å². The Morgan fingerprint density at radius 2 is 2.08 bits per heavy atom. The first-order chi connectivity index (χ1) is 5.86. The highest BCUT2D eigenvalue weighted by Gasteiger charge is 2.17. The lowest BCUT2D eigenvalue weighted by Gasteiger charge is -2.30. The molecule has 0 amide bonds. The second-order valence-corrected chi connectivity index (χ2v) is 3.46. The quantitative estimate of drug-likeness (QED) is 0.665. The van der Waals surface area contributed by atoms with Crippen molar-refractivity contribution >= 4 is 0 Å². The zero-order chi connectivity index (χ0) is 8.81.